The highest BCUT2D eigenvalue weighted by Crippen LogP contribution is 2.33. The molecule has 0 aliphatic heterocycles. The van der Waals surface area contributed by atoms with Crippen LogP contribution in [0.2, 0.25) is 0 Å². The molecule has 0 bridgehead atoms. The molecule has 0 aliphatic carbocycles. The second-order valence-electron chi connectivity index (χ2n) is 6.23. The summed E-state index contributed by atoms with van der Waals surface area (Å²) in [4.78, 5) is 15.7. The molecule has 0 aliphatic rings. The Morgan fingerprint density at radius 1 is 1.10 bits per heavy atom. The fraction of sp³-hybridized carbons (Fsp3) is 0.0476. The van der Waals surface area contributed by atoms with E-state index >= 15 is 0 Å². The van der Waals surface area contributed by atoms with Crippen LogP contribution in [-0.4, -0.2) is 23.2 Å². The summed E-state index contributed by atoms with van der Waals surface area (Å²) in [6, 6.07) is 16.7. The Balaban J connectivity index is 1.46. The number of rotatable bonds is 7. The zero-order chi connectivity index (χ0) is 21.1. The van der Waals surface area contributed by atoms with Crippen LogP contribution >= 0.6 is 23.5 Å². The number of methoxy groups -OCH3 is 1. The van der Waals surface area contributed by atoms with E-state index in [1.807, 2.05) is 18.2 Å². The summed E-state index contributed by atoms with van der Waals surface area (Å²) in [6.07, 6.45) is 0. The van der Waals surface area contributed by atoms with Crippen molar-refractivity contribution in [2.75, 3.05) is 16.6 Å². The van der Waals surface area contributed by atoms with E-state index in [2.05, 4.69) is 14.4 Å². The maximum atomic E-state index is 13.1. The topological polar surface area (TPSA) is 83.5 Å². The molecule has 4 rings (SSSR count). The number of ether oxygens (including phenoxy) is 1. The molecule has 3 N–H and O–H groups in total. The average molecular weight is 442 g/mol. The number of hydrogen-bond acceptors (Lipinski definition) is 7. The lowest BCUT2D eigenvalue weighted by Gasteiger charge is -2.12. The third kappa shape index (κ3) is 4.32. The Kier molecular flexibility index (Phi) is 5.73. The third-order valence-corrected chi connectivity index (χ3v) is 5.98. The monoisotopic (exact) mass is 441 g/mol. The van der Waals surface area contributed by atoms with Crippen molar-refractivity contribution < 1.29 is 19.0 Å². The number of anilines is 2. The number of carbonyl (C=O) groups is 1. The van der Waals surface area contributed by atoms with E-state index in [-0.39, 0.29) is 11.4 Å². The van der Waals surface area contributed by atoms with Gasteiger partial charge in [0, 0.05) is 11.3 Å². The fourth-order valence-corrected chi connectivity index (χ4v) is 4.34. The quantitative estimate of drug-likeness (QED) is 0.308. The maximum Gasteiger partial charge on any atom is 0.335 e. The van der Waals surface area contributed by atoms with Crippen molar-refractivity contribution >= 4 is 51.0 Å². The lowest BCUT2D eigenvalue weighted by atomic mass is 10.2. The van der Waals surface area contributed by atoms with Gasteiger partial charge in [0.1, 0.15) is 16.6 Å². The van der Waals surface area contributed by atoms with Crippen molar-refractivity contribution in [2.24, 2.45) is 0 Å². The van der Waals surface area contributed by atoms with Crippen molar-refractivity contribution in [3.8, 4) is 16.3 Å². The summed E-state index contributed by atoms with van der Waals surface area (Å²) >= 11 is 2.76. The number of aromatic carboxylic acids is 1. The van der Waals surface area contributed by atoms with Gasteiger partial charge in [-0.25, -0.2) is 14.2 Å². The molecule has 0 fully saturated rings. The number of thiazole rings is 1. The van der Waals surface area contributed by atoms with E-state index in [9.17, 15) is 9.18 Å². The molecule has 0 saturated carbocycles. The van der Waals surface area contributed by atoms with Crippen LogP contribution in [0, 0.1) is 5.82 Å². The molecule has 0 spiro atoms. The van der Waals surface area contributed by atoms with Gasteiger partial charge in [-0.2, -0.15) is 0 Å². The van der Waals surface area contributed by atoms with Crippen molar-refractivity contribution in [2.45, 2.75) is 0 Å². The molecule has 0 atom stereocenters. The number of fused-ring (bicyclic) bond motifs is 1. The number of benzene rings is 3. The number of aromatic nitrogens is 1. The summed E-state index contributed by atoms with van der Waals surface area (Å²) in [5.41, 5.74) is 3.42. The van der Waals surface area contributed by atoms with Crippen LogP contribution in [0.4, 0.5) is 15.8 Å². The normalized spacial score (nSPS) is 10.7. The molecule has 3 aromatic carbocycles. The number of hydrogen-bond donors (Lipinski definition) is 3. The lowest BCUT2D eigenvalue weighted by molar-refractivity contribution is 0.0696. The van der Waals surface area contributed by atoms with Gasteiger partial charge in [0.15, 0.2) is 0 Å². The third-order valence-electron chi connectivity index (χ3n) is 4.26. The van der Waals surface area contributed by atoms with Gasteiger partial charge in [0.05, 0.1) is 40.7 Å². The smallest absolute Gasteiger partial charge is 0.335 e. The second-order valence-corrected chi connectivity index (χ2v) is 7.88. The Bertz CT molecular complexity index is 1210. The van der Waals surface area contributed by atoms with E-state index in [1.165, 1.54) is 54.8 Å². The van der Waals surface area contributed by atoms with Gasteiger partial charge in [0.2, 0.25) is 0 Å². The second kappa shape index (κ2) is 8.60. The van der Waals surface area contributed by atoms with Crippen molar-refractivity contribution in [1.82, 2.24) is 4.98 Å². The SMILES string of the molecule is COc1cc(C(=O)O)ccc1NSNc1ccc2nc(-c3ccc(F)cc3)sc2c1. The number of carboxylic acid groups (broad SMARTS) is 1. The molecular weight excluding hydrogens is 425 g/mol. The highest BCUT2D eigenvalue weighted by Gasteiger charge is 2.10. The van der Waals surface area contributed by atoms with Crippen LogP contribution in [0.3, 0.4) is 0 Å². The summed E-state index contributed by atoms with van der Waals surface area (Å²) in [5, 5.41) is 9.91. The lowest BCUT2D eigenvalue weighted by Crippen LogP contribution is -2.00. The van der Waals surface area contributed by atoms with E-state index < -0.39 is 5.97 Å². The molecule has 9 heteroatoms. The number of nitrogens with zero attached hydrogens (tertiary/aromatic N) is 1. The molecule has 1 heterocycles. The van der Waals surface area contributed by atoms with Crippen molar-refractivity contribution in [1.29, 1.82) is 0 Å². The molecular formula is C21H16FN3O3S2. The first-order chi connectivity index (χ1) is 14.5. The minimum atomic E-state index is -1.01. The molecule has 6 nitrogen and oxygen atoms in total. The molecule has 1 aromatic heterocycles. The minimum absolute atomic E-state index is 0.156. The largest absolute Gasteiger partial charge is 0.495 e. The molecule has 0 unspecified atom stereocenters. The Labute approximate surface area is 180 Å². The molecule has 152 valence electrons. The average Bonchev–Trinajstić information content (AvgIpc) is 3.17. The molecule has 0 radical (unpaired) electrons. The van der Waals surface area contributed by atoms with Gasteiger partial charge in [0.25, 0.3) is 0 Å². The summed E-state index contributed by atoms with van der Waals surface area (Å²) < 4.78 is 25.7. The number of nitrogens with one attached hydrogen (secondary N) is 2. The van der Waals surface area contributed by atoms with Crippen molar-refractivity contribution in [3.63, 3.8) is 0 Å². The van der Waals surface area contributed by atoms with Crippen LogP contribution in [0.25, 0.3) is 20.8 Å². The van der Waals surface area contributed by atoms with Crippen LogP contribution in [0.5, 0.6) is 5.75 Å². The zero-order valence-corrected chi connectivity index (χ0v) is 17.3. The van der Waals surface area contributed by atoms with Gasteiger partial charge in [-0.3, -0.25) is 0 Å². The highest BCUT2D eigenvalue weighted by molar-refractivity contribution is 8.01. The van der Waals surface area contributed by atoms with Gasteiger partial charge in [-0.05, 0) is 60.7 Å². The van der Waals surface area contributed by atoms with Crippen LogP contribution in [0.1, 0.15) is 10.4 Å². The molecule has 30 heavy (non-hydrogen) atoms. The Hall–Kier alpha value is -3.30. The zero-order valence-electron chi connectivity index (χ0n) is 15.7. The van der Waals surface area contributed by atoms with Crippen LogP contribution in [0.15, 0.2) is 60.7 Å². The van der Waals surface area contributed by atoms with E-state index in [1.54, 1.807) is 18.2 Å². The Morgan fingerprint density at radius 3 is 2.63 bits per heavy atom. The highest BCUT2D eigenvalue weighted by atomic mass is 32.2. The van der Waals surface area contributed by atoms with Gasteiger partial charge < -0.3 is 19.3 Å². The number of halogens is 1. The maximum absolute atomic E-state index is 13.1. The van der Waals surface area contributed by atoms with Gasteiger partial charge >= 0.3 is 5.97 Å². The summed E-state index contributed by atoms with van der Waals surface area (Å²) in [7, 11) is 1.49. The Morgan fingerprint density at radius 2 is 1.90 bits per heavy atom. The minimum Gasteiger partial charge on any atom is -0.495 e. The van der Waals surface area contributed by atoms with Crippen molar-refractivity contribution in [3.05, 3.63) is 72.0 Å². The van der Waals surface area contributed by atoms with Crippen LogP contribution in [-0.2, 0) is 0 Å². The standard InChI is InChI=1S/C21H16FN3O3S2/c1-28-18-10-13(21(26)27)4-8-16(18)25-30-24-15-7-9-17-19(11-15)29-20(23-17)12-2-5-14(22)6-3-12/h2-11,24-25H,1H3,(H,26,27). The molecule has 4 aromatic rings. The van der Waals surface area contributed by atoms with E-state index in [4.69, 9.17) is 9.84 Å². The van der Waals surface area contributed by atoms with Gasteiger partial charge in [-0.15, -0.1) is 11.3 Å². The van der Waals surface area contributed by atoms with E-state index in [0.29, 0.717) is 11.4 Å². The fourth-order valence-electron chi connectivity index (χ4n) is 2.75. The first-order valence-electron chi connectivity index (χ1n) is 8.79. The number of carboxylic acids is 1. The predicted octanol–water partition coefficient (Wildman–Crippen LogP) is 5.90. The van der Waals surface area contributed by atoms with Crippen LogP contribution < -0.4 is 14.2 Å². The predicted molar refractivity (Wildman–Crippen MR) is 120 cm³/mol. The van der Waals surface area contributed by atoms with Gasteiger partial charge in [-0.1, -0.05) is 0 Å². The molecule has 0 amide bonds. The molecule has 0 saturated heterocycles. The first-order valence-corrected chi connectivity index (χ1v) is 10.4. The summed E-state index contributed by atoms with van der Waals surface area (Å²) in [5.74, 6) is -0.848. The summed E-state index contributed by atoms with van der Waals surface area (Å²) in [6.45, 7) is 0. The van der Waals surface area contributed by atoms with E-state index in [0.717, 1.165) is 26.5 Å². The first kappa shape index (κ1) is 20.0.